The number of fused-ring (bicyclic) bond motifs is 2. The van der Waals surface area contributed by atoms with Crippen LogP contribution in [0.2, 0.25) is 0 Å². The highest BCUT2D eigenvalue weighted by Crippen LogP contribution is 2.20. The lowest BCUT2D eigenvalue weighted by atomic mass is 9.89. The molecule has 0 spiro atoms. The fourth-order valence-electron chi connectivity index (χ4n) is 4.78. The molecule has 2 saturated carbocycles. The molecule has 1 aliphatic heterocycles. The van der Waals surface area contributed by atoms with E-state index in [2.05, 4.69) is 26.6 Å². The van der Waals surface area contributed by atoms with Gasteiger partial charge in [-0.2, -0.15) is 0 Å². The minimum Gasteiger partial charge on any atom is -0.395 e. The molecule has 0 aromatic rings. The largest absolute Gasteiger partial charge is 0.395 e. The van der Waals surface area contributed by atoms with Crippen LogP contribution in [0.3, 0.4) is 0 Å². The molecule has 0 radical (unpaired) electrons. The van der Waals surface area contributed by atoms with Gasteiger partial charge in [-0.3, -0.25) is 0 Å². The zero-order valence-electron chi connectivity index (χ0n) is 15.7. The van der Waals surface area contributed by atoms with Crippen molar-refractivity contribution < 1.29 is 5.11 Å². The second-order valence-electron chi connectivity index (χ2n) is 8.10. The maximum absolute atomic E-state index is 9.68. The molecule has 0 amide bonds. The Balaban J connectivity index is 1.57. The van der Waals surface area contributed by atoms with Crippen molar-refractivity contribution >= 4 is 0 Å². The monoisotopic (exact) mass is 353 g/mol. The number of aliphatic hydroxyl groups is 1. The van der Waals surface area contributed by atoms with Crippen molar-refractivity contribution in [1.29, 1.82) is 0 Å². The third-order valence-electron chi connectivity index (χ3n) is 6.28. The van der Waals surface area contributed by atoms with Gasteiger partial charge in [0.2, 0.25) is 0 Å². The summed E-state index contributed by atoms with van der Waals surface area (Å²) in [5.41, 5.74) is 0. The normalized spacial score (nSPS) is 39.5. The van der Waals surface area contributed by atoms with E-state index in [1.807, 2.05) is 0 Å². The molecule has 25 heavy (non-hydrogen) atoms. The minimum absolute atomic E-state index is 0.148. The van der Waals surface area contributed by atoms with Gasteiger partial charge in [0, 0.05) is 62.9 Å². The summed E-state index contributed by atoms with van der Waals surface area (Å²) in [6.07, 6.45) is 10.4. The Morgan fingerprint density at radius 3 is 1.40 bits per heavy atom. The van der Waals surface area contributed by atoms with Crippen molar-refractivity contribution in [1.82, 2.24) is 26.6 Å². The minimum atomic E-state index is 0.148. The fraction of sp³-hybridized carbons (Fsp3) is 1.00. The van der Waals surface area contributed by atoms with Crippen molar-refractivity contribution in [2.24, 2.45) is 0 Å². The lowest BCUT2D eigenvalue weighted by Crippen LogP contribution is -2.54. The highest BCUT2D eigenvalue weighted by Gasteiger charge is 2.26. The Bertz CT molecular complexity index is 370. The van der Waals surface area contributed by atoms with E-state index < -0.39 is 0 Å². The molecule has 3 aliphatic rings. The summed E-state index contributed by atoms with van der Waals surface area (Å²) in [7, 11) is 0. The molecule has 1 saturated heterocycles. The van der Waals surface area contributed by atoms with Crippen LogP contribution in [0.1, 0.15) is 51.4 Å². The Morgan fingerprint density at radius 1 is 0.560 bits per heavy atom. The standard InChI is InChI=1S/C19H39N5O/c25-14-15-13-24-19-8-4-3-7-18(19)23-12-11-22-17-6-2-1-5-16(17)21-10-9-20-15/h15-25H,1-14H2/t15-,16?,17?,18+,19+/m0/s1. The molecule has 0 aromatic carbocycles. The van der Waals surface area contributed by atoms with Crippen molar-refractivity contribution in [2.75, 3.05) is 39.3 Å². The van der Waals surface area contributed by atoms with Crippen molar-refractivity contribution in [3.8, 4) is 0 Å². The van der Waals surface area contributed by atoms with E-state index >= 15 is 0 Å². The molecule has 6 nitrogen and oxygen atoms in total. The Morgan fingerprint density at radius 2 is 0.960 bits per heavy atom. The number of nitrogens with one attached hydrogen (secondary N) is 5. The summed E-state index contributed by atoms with van der Waals surface area (Å²) in [6, 6.07) is 2.45. The molecular weight excluding hydrogens is 314 g/mol. The smallest absolute Gasteiger partial charge is 0.0597 e. The molecule has 2 unspecified atom stereocenters. The lowest BCUT2D eigenvalue weighted by molar-refractivity contribution is 0.221. The third kappa shape index (κ3) is 6.15. The summed E-state index contributed by atoms with van der Waals surface area (Å²) in [4.78, 5) is 0. The molecule has 146 valence electrons. The highest BCUT2D eigenvalue weighted by atomic mass is 16.3. The summed E-state index contributed by atoms with van der Waals surface area (Å²) in [5.74, 6) is 0. The molecule has 0 bridgehead atoms. The van der Waals surface area contributed by atoms with Gasteiger partial charge >= 0.3 is 0 Å². The first-order valence-corrected chi connectivity index (χ1v) is 10.6. The third-order valence-corrected chi connectivity index (χ3v) is 6.28. The molecule has 2 aliphatic carbocycles. The van der Waals surface area contributed by atoms with Gasteiger partial charge < -0.3 is 31.7 Å². The maximum Gasteiger partial charge on any atom is 0.0597 e. The van der Waals surface area contributed by atoms with E-state index in [0.29, 0.717) is 24.2 Å². The summed E-state index contributed by atoms with van der Waals surface area (Å²) in [6.45, 7) is 5.05. The summed E-state index contributed by atoms with van der Waals surface area (Å²) in [5, 5.41) is 28.2. The van der Waals surface area contributed by atoms with Gasteiger partial charge in [0.25, 0.3) is 0 Å². The Hall–Kier alpha value is -0.240. The van der Waals surface area contributed by atoms with Gasteiger partial charge in [-0.25, -0.2) is 0 Å². The van der Waals surface area contributed by atoms with Crippen LogP contribution < -0.4 is 26.6 Å². The van der Waals surface area contributed by atoms with Gasteiger partial charge in [0.05, 0.1) is 6.61 Å². The number of aliphatic hydroxyl groups excluding tert-OH is 1. The summed E-state index contributed by atoms with van der Waals surface area (Å²) >= 11 is 0. The number of hydrogen-bond acceptors (Lipinski definition) is 6. The van der Waals surface area contributed by atoms with Crippen LogP contribution in [0.15, 0.2) is 0 Å². The molecular formula is C19H39N5O. The Labute approximate surface area is 153 Å². The van der Waals surface area contributed by atoms with Crippen LogP contribution in [-0.4, -0.2) is 74.6 Å². The average molecular weight is 354 g/mol. The van der Waals surface area contributed by atoms with Crippen LogP contribution in [0.5, 0.6) is 0 Å². The van der Waals surface area contributed by atoms with Gasteiger partial charge in [-0.05, 0) is 25.7 Å². The van der Waals surface area contributed by atoms with Gasteiger partial charge in [0.15, 0.2) is 0 Å². The first-order valence-electron chi connectivity index (χ1n) is 10.6. The van der Waals surface area contributed by atoms with Crippen LogP contribution in [-0.2, 0) is 0 Å². The van der Waals surface area contributed by atoms with Gasteiger partial charge in [0.1, 0.15) is 0 Å². The second kappa shape index (κ2) is 10.8. The van der Waals surface area contributed by atoms with Crippen molar-refractivity contribution in [3.05, 3.63) is 0 Å². The quantitative estimate of drug-likeness (QED) is 0.396. The molecule has 6 heteroatoms. The van der Waals surface area contributed by atoms with E-state index in [0.717, 1.165) is 32.7 Å². The SMILES string of the molecule is OC[C@@H]1CN[C@@H]2CCCC[C@H]2NCCNC2CCCCC2NCCN1. The zero-order chi connectivity index (χ0) is 17.3. The average Bonchev–Trinajstić information content (AvgIpc) is 2.66. The fourth-order valence-corrected chi connectivity index (χ4v) is 4.78. The lowest BCUT2D eigenvalue weighted by Gasteiger charge is -2.35. The Kier molecular flexibility index (Phi) is 8.43. The van der Waals surface area contributed by atoms with Gasteiger partial charge in [-0.15, -0.1) is 0 Å². The van der Waals surface area contributed by atoms with Crippen molar-refractivity contribution in [2.45, 2.75) is 81.6 Å². The first kappa shape index (κ1) is 19.5. The van der Waals surface area contributed by atoms with E-state index in [1.165, 1.54) is 51.4 Å². The molecule has 0 aromatic heterocycles. The van der Waals surface area contributed by atoms with Crippen molar-refractivity contribution in [3.63, 3.8) is 0 Å². The predicted molar refractivity (Wildman–Crippen MR) is 103 cm³/mol. The molecule has 3 fully saturated rings. The van der Waals surface area contributed by atoms with Crippen LogP contribution >= 0.6 is 0 Å². The van der Waals surface area contributed by atoms with Gasteiger partial charge in [-0.1, -0.05) is 25.7 Å². The molecule has 1 heterocycles. The summed E-state index contributed by atoms with van der Waals surface area (Å²) < 4.78 is 0. The highest BCUT2D eigenvalue weighted by molar-refractivity contribution is 4.90. The molecule has 5 atom stereocenters. The van der Waals surface area contributed by atoms with E-state index in [-0.39, 0.29) is 12.6 Å². The van der Waals surface area contributed by atoms with E-state index in [9.17, 15) is 5.11 Å². The molecule has 6 N–H and O–H groups in total. The van der Waals surface area contributed by atoms with E-state index in [1.54, 1.807) is 0 Å². The maximum atomic E-state index is 9.68. The predicted octanol–water partition coefficient (Wildman–Crippen LogP) is -0.0687. The van der Waals surface area contributed by atoms with E-state index in [4.69, 9.17) is 0 Å². The van der Waals surface area contributed by atoms with Crippen LogP contribution in [0.4, 0.5) is 0 Å². The second-order valence-corrected chi connectivity index (χ2v) is 8.10. The molecule has 3 rings (SSSR count). The zero-order valence-corrected chi connectivity index (χ0v) is 15.7. The van der Waals surface area contributed by atoms with Crippen LogP contribution in [0.25, 0.3) is 0 Å². The number of hydrogen-bond donors (Lipinski definition) is 6. The topological polar surface area (TPSA) is 80.4 Å². The number of rotatable bonds is 1. The van der Waals surface area contributed by atoms with Crippen LogP contribution in [0, 0.1) is 0 Å². The first-order chi connectivity index (χ1) is 12.4.